The molecule has 9 nitrogen and oxygen atoms in total. The van der Waals surface area contributed by atoms with Gasteiger partial charge in [-0.2, -0.15) is 0 Å². The van der Waals surface area contributed by atoms with Crippen molar-refractivity contribution in [1.29, 1.82) is 0 Å². The number of ether oxygens (including phenoxy) is 2. The zero-order chi connectivity index (χ0) is 27.1. The van der Waals surface area contributed by atoms with Gasteiger partial charge in [-0.3, -0.25) is 9.83 Å². The van der Waals surface area contributed by atoms with E-state index in [4.69, 9.17) is 25.0 Å². The number of pyridine rings is 1. The fourth-order valence-corrected chi connectivity index (χ4v) is 4.68. The molecule has 1 unspecified atom stereocenters. The molecule has 1 fully saturated rings. The molecule has 2 aromatic heterocycles. The summed E-state index contributed by atoms with van der Waals surface area (Å²) in [5.41, 5.74) is 13.3. The lowest BCUT2D eigenvalue weighted by molar-refractivity contribution is 0.00177. The highest BCUT2D eigenvalue weighted by Gasteiger charge is 2.29. The summed E-state index contributed by atoms with van der Waals surface area (Å²) in [6, 6.07) is 9.66. The summed E-state index contributed by atoms with van der Waals surface area (Å²) in [4.78, 5) is 24.2. The Balaban J connectivity index is 0.00000164. The molecule has 0 amide bonds. The van der Waals surface area contributed by atoms with Crippen molar-refractivity contribution in [2.24, 2.45) is 10.9 Å². The first-order valence-electron chi connectivity index (χ1n) is 13.0. The lowest BCUT2D eigenvalue weighted by Gasteiger charge is -2.27. The van der Waals surface area contributed by atoms with Crippen LogP contribution in [-0.2, 0) is 16.0 Å². The number of aromatic nitrogens is 3. The standard InChI is InChI=1S/C26H29FN6O3.C2H6/c1-15-24-22(32-26(28)29-15)13-21(31-25(24)33-36-14-16-8-10-35-11-9-16)18-7-6-17(27)12-19(18)20-4-3-5-23(30-20)34-2;1-2/h3-7,12,16,21H,8-11,13-14H2,1-2H3,(H,31,33)(H2,28,29,32);1-2H3. The van der Waals surface area contributed by atoms with E-state index in [2.05, 4.69) is 20.4 Å². The molecule has 1 saturated heterocycles. The van der Waals surface area contributed by atoms with E-state index in [-0.39, 0.29) is 17.8 Å². The van der Waals surface area contributed by atoms with Gasteiger partial charge in [0.25, 0.3) is 0 Å². The van der Waals surface area contributed by atoms with Gasteiger partial charge in [0, 0.05) is 31.3 Å². The van der Waals surface area contributed by atoms with Crippen LogP contribution in [0.3, 0.4) is 0 Å². The number of aryl methyl sites for hydroxylation is 1. The molecular formula is C28H35FN6O3. The first-order chi connectivity index (χ1) is 18.5. The molecule has 10 heteroatoms. The molecule has 0 bridgehead atoms. The van der Waals surface area contributed by atoms with Crippen molar-refractivity contribution < 1.29 is 18.7 Å². The molecule has 2 aliphatic rings. The third kappa shape index (κ3) is 6.25. The summed E-state index contributed by atoms with van der Waals surface area (Å²) in [7, 11) is 1.55. The fourth-order valence-electron chi connectivity index (χ4n) is 4.68. The summed E-state index contributed by atoms with van der Waals surface area (Å²) >= 11 is 0. The first-order valence-corrected chi connectivity index (χ1v) is 13.0. The minimum absolute atomic E-state index is 0.197. The quantitative estimate of drug-likeness (QED) is 0.452. The van der Waals surface area contributed by atoms with Crippen molar-refractivity contribution in [2.75, 3.05) is 32.7 Å². The van der Waals surface area contributed by atoms with Crippen LogP contribution in [0.15, 0.2) is 41.4 Å². The van der Waals surface area contributed by atoms with Crippen LogP contribution < -0.4 is 16.0 Å². The average molecular weight is 523 g/mol. The van der Waals surface area contributed by atoms with E-state index in [1.807, 2.05) is 32.9 Å². The first kappa shape index (κ1) is 27.4. The highest BCUT2D eigenvalue weighted by atomic mass is 19.1. The number of nitrogens with two attached hydrogens (primary N) is 1. The maximum absolute atomic E-state index is 14.4. The summed E-state index contributed by atoms with van der Waals surface area (Å²) in [5.74, 6) is 1.22. The number of aliphatic imine (C=N–C) groups is 1. The number of nitrogens with zero attached hydrogens (tertiary/aromatic N) is 4. The smallest absolute Gasteiger partial charge is 0.220 e. The van der Waals surface area contributed by atoms with Crippen LogP contribution in [0.1, 0.15) is 55.2 Å². The van der Waals surface area contributed by atoms with Crippen molar-refractivity contribution in [3.63, 3.8) is 0 Å². The number of amidine groups is 1. The number of nitrogens with one attached hydrogen (secondary N) is 1. The molecule has 202 valence electrons. The Morgan fingerprint density at radius 3 is 2.66 bits per heavy atom. The largest absolute Gasteiger partial charge is 0.481 e. The zero-order valence-electron chi connectivity index (χ0n) is 22.3. The SMILES string of the molecule is CC.COc1cccc(-c2cc(F)ccc2C2Cc3nc(N)nc(C)c3C(NOCC3CCOCC3)=N2)n1. The topological polar surface area (TPSA) is 117 Å². The molecule has 5 rings (SSSR count). The Bertz CT molecular complexity index is 1280. The van der Waals surface area contributed by atoms with Crippen molar-refractivity contribution in [3.05, 3.63) is 64.7 Å². The molecule has 4 heterocycles. The van der Waals surface area contributed by atoms with Gasteiger partial charge in [-0.15, -0.1) is 0 Å². The summed E-state index contributed by atoms with van der Waals surface area (Å²) in [6.07, 6.45) is 2.38. The van der Waals surface area contributed by atoms with Gasteiger partial charge in [0.1, 0.15) is 5.82 Å². The van der Waals surface area contributed by atoms with E-state index in [1.54, 1.807) is 19.2 Å². The molecule has 1 aromatic carbocycles. The lowest BCUT2D eigenvalue weighted by atomic mass is 9.91. The number of hydrogen-bond donors (Lipinski definition) is 2. The Hall–Kier alpha value is -3.63. The molecule has 3 N–H and O–H groups in total. The summed E-state index contributed by atoms with van der Waals surface area (Å²) in [5, 5.41) is 0. The van der Waals surface area contributed by atoms with Crippen LogP contribution in [0.25, 0.3) is 11.3 Å². The van der Waals surface area contributed by atoms with Crippen molar-refractivity contribution >= 4 is 11.8 Å². The van der Waals surface area contributed by atoms with E-state index in [1.165, 1.54) is 12.1 Å². The van der Waals surface area contributed by atoms with Gasteiger partial charge < -0.3 is 15.2 Å². The minimum atomic E-state index is -0.371. The molecule has 0 aliphatic carbocycles. The van der Waals surface area contributed by atoms with Gasteiger partial charge in [0.2, 0.25) is 11.8 Å². The van der Waals surface area contributed by atoms with Crippen molar-refractivity contribution in [3.8, 4) is 17.1 Å². The van der Waals surface area contributed by atoms with Gasteiger partial charge in [-0.05, 0) is 49.4 Å². The number of benzene rings is 1. The van der Waals surface area contributed by atoms with E-state index in [0.29, 0.717) is 47.6 Å². The predicted molar refractivity (Wildman–Crippen MR) is 144 cm³/mol. The van der Waals surface area contributed by atoms with Gasteiger partial charge in [-0.25, -0.2) is 24.8 Å². The second-order valence-corrected chi connectivity index (χ2v) is 8.95. The Labute approximate surface area is 222 Å². The lowest BCUT2D eigenvalue weighted by Crippen LogP contribution is -2.34. The molecule has 0 spiro atoms. The third-order valence-corrected chi connectivity index (χ3v) is 6.50. The Kier molecular flexibility index (Phi) is 9.19. The third-order valence-electron chi connectivity index (χ3n) is 6.50. The van der Waals surface area contributed by atoms with E-state index in [0.717, 1.165) is 42.9 Å². The van der Waals surface area contributed by atoms with Crippen LogP contribution in [0.5, 0.6) is 5.88 Å². The molecule has 0 saturated carbocycles. The van der Waals surface area contributed by atoms with Crippen LogP contribution in [-0.4, -0.2) is 47.7 Å². The molecule has 2 aliphatic heterocycles. The van der Waals surface area contributed by atoms with Crippen LogP contribution in [0.4, 0.5) is 10.3 Å². The molecule has 38 heavy (non-hydrogen) atoms. The normalized spacial score (nSPS) is 17.1. The second-order valence-electron chi connectivity index (χ2n) is 8.95. The number of rotatable bonds is 6. The van der Waals surface area contributed by atoms with E-state index in [9.17, 15) is 4.39 Å². The van der Waals surface area contributed by atoms with Gasteiger partial charge in [0.15, 0.2) is 5.84 Å². The maximum atomic E-state index is 14.4. The number of hydrogen-bond acceptors (Lipinski definition) is 9. The van der Waals surface area contributed by atoms with Crippen LogP contribution in [0.2, 0.25) is 0 Å². The molecule has 3 aromatic rings. The summed E-state index contributed by atoms with van der Waals surface area (Å²) < 4.78 is 25.1. The summed E-state index contributed by atoms with van der Waals surface area (Å²) in [6.45, 7) is 7.90. The minimum Gasteiger partial charge on any atom is -0.481 e. The van der Waals surface area contributed by atoms with E-state index < -0.39 is 0 Å². The van der Waals surface area contributed by atoms with Crippen molar-refractivity contribution in [1.82, 2.24) is 20.4 Å². The van der Waals surface area contributed by atoms with Crippen LogP contribution in [0, 0.1) is 18.7 Å². The van der Waals surface area contributed by atoms with Gasteiger partial charge in [0.05, 0.1) is 42.4 Å². The number of methoxy groups -OCH3 is 1. The fraction of sp³-hybridized carbons (Fsp3) is 0.429. The van der Waals surface area contributed by atoms with Crippen molar-refractivity contribution in [2.45, 2.75) is 46.1 Å². The number of anilines is 1. The Morgan fingerprint density at radius 2 is 1.89 bits per heavy atom. The number of nitrogen functional groups attached to an aromatic ring is 1. The number of hydroxylamine groups is 1. The molecule has 0 radical (unpaired) electrons. The zero-order valence-corrected chi connectivity index (χ0v) is 22.3. The monoisotopic (exact) mass is 522 g/mol. The predicted octanol–water partition coefficient (Wildman–Crippen LogP) is 4.59. The Morgan fingerprint density at radius 1 is 1.11 bits per heavy atom. The number of fused-ring (bicyclic) bond motifs is 1. The number of halogens is 1. The second kappa shape index (κ2) is 12.7. The maximum Gasteiger partial charge on any atom is 0.220 e. The molecule has 1 atom stereocenters. The van der Waals surface area contributed by atoms with Crippen LogP contribution >= 0.6 is 0 Å². The van der Waals surface area contributed by atoms with Gasteiger partial charge in [-0.1, -0.05) is 26.0 Å². The molecular weight excluding hydrogens is 487 g/mol. The highest BCUT2D eigenvalue weighted by molar-refractivity contribution is 6.01. The van der Waals surface area contributed by atoms with E-state index >= 15 is 0 Å². The highest BCUT2D eigenvalue weighted by Crippen LogP contribution is 2.36. The average Bonchev–Trinajstić information content (AvgIpc) is 2.94. The van der Waals surface area contributed by atoms with Gasteiger partial charge >= 0.3 is 0 Å².